The summed E-state index contributed by atoms with van der Waals surface area (Å²) in [6.07, 6.45) is 13.7. The zero-order valence-electron chi connectivity index (χ0n) is 38.3. The number of methoxy groups -OCH3 is 2. The summed E-state index contributed by atoms with van der Waals surface area (Å²) in [5.41, 5.74) is 1.53. The number of carbonyl (C=O) groups excluding carboxylic acids is 5. The highest BCUT2D eigenvalue weighted by atomic mass is 16.8. The maximum atomic E-state index is 14.3. The highest BCUT2D eigenvalue weighted by molar-refractivity contribution is 6.40. The number of ketones is 3. The molecule has 4 aliphatic heterocycles. The van der Waals surface area contributed by atoms with Gasteiger partial charge in [0.2, 0.25) is 0 Å². The number of nitrogens with zero attached hydrogens (tertiary/aromatic N) is 1. The molecule has 5 aliphatic rings. The van der Waals surface area contributed by atoms with Gasteiger partial charge in [0.1, 0.15) is 36.2 Å². The predicted molar refractivity (Wildman–Crippen MR) is 232 cm³/mol. The van der Waals surface area contributed by atoms with Crippen molar-refractivity contribution < 1.29 is 57.9 Å². The zero-order valence-corrected chi connectivity index (χ0v) is 38.3. The molecule has 14 atom stereocenters. The van der Waals surface area contributed by atoms with E-state index in [9.17, 15) is 34.2 Å². The summed E-state index contributed by atoms with van der Waals surface area (Å²) in [5, 5.41) is 21.9. The average Bonchev–Trinajstić information content (AvgIpc) is 4.00. The molecule has 2 bridgehead atoms. The second-order valence-corrected chi connectivity index (χ2v) is 18.9. The van der Waals surface area contributed by atoms with Crippen molar-refractivity contribution in [3.8, 4) is 0 Å². The molecular weight excluding hydrogens is 795 g/mol. The van der Waals surface area contributed by atoms with Gasteiger partial charge in [0, 0.05) is 39.0 Å². The van der Waals surface area contributed by atoms with E-state index in [0.717, 1.165) is 18.4 Å². The van der Waals surface area contributed by atoms with Crippen LogP contribution in [-0.2, 0) is 47.7 Å². The van der Waals surface area contributed by atoms with Crippen LogP contribution in [-0.4, -0.2) is 120 Å². The Labute approximate surface area is 368 Å². The van der Waals surface area contributed by atoms with Crippen LogP contribution >= 0.6 is 0 Å². The summed E-state index contributed by atoms with van der Waals surface area (Å²) in [5.74, 6) is -5.62. The first kappa shape index (κ1) is 49.7. The number of hydrogen-bond donors (Lipinski definition) is 2. The normalized spacial score (nSPS) is 41.1. The molecule has 0 aromatic rings. The van der Waals surface area contributed by atoms with Crippen molar-refractivity contribution in [1.29, 1.82) is 0 Å². The van der Waals surface area contributed by atoms with Gasteiger partial charge in [0.05, 0.1) is 18.3 Å². The molecule has 1 amide bonds. The van der Waals surface area contributed by atoms with E-state index >= 15 is 0 Å². The Morgan fingerprint density at radius 2 is 1.65 bits per heavy atom. The van der Waals surface area contributed by atoms with Crippen LogP contribution in [0.3, 0.4) is 0 Å². The number of aliphatic hydroxyl groups is 2. The Hall–Kier alpha value is -3.33. The van der Waals surface area contributed by atoms with Crippen LogP contribution in [0.2, 0.25) is 0 Å². The molecule has 0 aromatic heterocycles. The summed E-state index contributed by atoms with van der Waals surface area (Å²) >= 11 is 0. The van der Waals surface area contributed by atoms with Gasteiger partial charge in [-0.1, -0.05) is 69.7 Å². The largest absolute Gasteiger partial charge is 0.460 e. The van der Waals surface area contributed by atoms with Crippen molar-refractivity contribution >= 4 is 29.2 Å². The number of ether oxygens (including phenoxy) is 5. The molecule has 13 nitrogen and oxygen atoms in total. The first-order chi connectivity index (χ1) is 29.5. The Balaban J connectivity index is 1.42. The van der Waals surface area contributed by atoms with Crippen LogP contribution in [0.25, 0.3) is 0 Å². The van der Waals surface area contributed by atoms with Gasteiger partial charge in [0.25, 0.3) is 17.5 Å². The lowest BCUT2D eigenvalue weighted by Gasteiger charge is -2.37. The summed E-state index contributed by atoms with van der Waals surface area (Å²) in [7, 11) is 2.97. The van der Waals surface area contributed by atoms with Gasteiger partial charge in [-0.15, -0.1) is 0 Å². The summed E-state index contributed by atoms with van der Waals surface area (Å²) in [4.78, 5) is 71.4. The molecule has 62 heavy (non-hydrogen) atoms. The number of rotatable bonds is 5. The predicted octanol–water partition coefficient (Wildman–Crippen LogP) is 6.33. The standard InChI is InChI=1S/C49H73NO12/c1-29-14-10-9-11-15-30(2)24-33(5)43(53)45(59-8)44(54)34(6)25-31(3)39(52)28-40(32(4)26-35-18-21-38(51)41(27-35)58-7)60-48(57)37-16-12-13-23-50(37)47(56)46(55)49-42(62-49)22-20-36(61-49)19-17-29/h9-11,14-15,25,30-33,35-38,40-42,44-45,51,54H,12-13,16-24,26-28H2,1-8H3/b10-9+,15-11+,29-14+,34-25+/t30-,31-,32-,33-,35+,36-,37+,38-,40+,41-,42-,44-,45+,49+/m1/s1. The van der Waals surface area contributed by atoms with Crippen LogP contribution in [0.15, 0.2) is 47.6 Å². The van der Waals surface area contributed by atoms with E-state index in [2.05, 4.69) is 0 Å². The number of Topliss-reactive ketones (excluding diaryl/α,β-unsaturated/α-hetero) is 3. The lowest BCUT2D eigenvalue weighted by atomic mass is 9.78. The third-order valence-electron chi connectivity index (χ3n) is 13.9. The van der Waals surface area contributed by atoms with Crippen LogP contribution in [0.1, 0.15) is 125 Å². The van der Waals surface area contributed by atoms with Crippen molar-refractivity contribution in [3.05, 3.63) is 47.6 Å². The molecule has 1 saturated carbocycles. The van der Waals surface area contributed by atoms with E-state index < -0.39 is 71.8 Å². The fourth-order valence-electron chi connectivity index (χ4n) is 9.91. The first-order valence-electron chi connectivity index (χ1n) is 23.1. The lowest BCUT2D eigenvalue weighted by Crippen LogP contribution is -2.55. The maximum absolute atomic E-state index is 14.3. The van der Waals surface area contributed by atoms with Crippen molar-refractivity contribution in [1.82, 2.24) is 4.90 Å². The van der Waals surface area contributed by atoms with Gasteiger partial charge >= 0.3 is 5.97 Å². The first-order valence-corrected chi connectivity index (χ1v) is 23.1. The summed E-state index contributed by atoms with van der Waals surface area (Å²) in [6.45, 7) is 11.4. The Morgan fingerprint density at radius 3 is 2.37 bits per heavy atom. The van der Waals surface area contributed by atoms with Gasteiger partial charge < -0.3 is 38.8 Å². The minimum Gasteiger partial charge on any atom is -0.460 e. The molecule has 13 heteroatoms. The molecule has 0 radical (unpaired) electrons. The average molecular weight is 868 g/mol. The molecule has 5 rings (SSSR count). The van der Waals surface area contributed by atoms with Crippen LogP contribution in [0, 0.1) is 29.6 Å². The van der Waals surface area contributed by atoms with Crippen LogP contribution in [0.5, 0.6) is 0 Å². The Kier molecular flexibility index (Phi) is 18.1. The molecule has 1 spiro atoms. The van der Waals surface area contributed by atoms with Gasteiger partial charge in [0.15, 0.2) is 5.78 Å². The molecule has 346 valence electrons. The number of allylic oxidation sites excluding steroid dienone is 7. The number of epoxide rings is 1. The zero-order chi connectivity index (χ0) is 45.3. The molecule has 3 saturated heterocycles. The molecule has 4 fully saturated rings. The molecule has 0 unspecified atom stereocenters. The second-order valence-electron chi connectivity index (χ2n) is 18.9. The molecule has 1 aliphatic carbocycles. The topological polar surface area (TPSA) is 178 Å². The van der Waals surface area contributed by atoms with Crippen molar-refractivity contribution in [2.45, 2.75) is 180 Å². The van der Waals surface area contributed by atoms with Crippen molar-refractivity contribution in [2.75, 3.05) is 20.8 Å². The van der Waals surface area contributed by atoms with Crippen molar-refractivity contribution in [3.63, 3.8) is 0 Å². The second kappa shape index (κ2) is 22.5. The van der Waals surface area contributed by atoms with Gasteiger partial charge in [-0.05, 0) is 114 Å². The Morgan fingerprint density at radius 1 is 0.887 bits per heavy atom. The highest BCUT2D eigenvalue weighted by Gasteiger charge is 2.69. The van der Waals surface area contributed by atoms with E-state index in [1.807, 2.05) is 58.1 Å². The minimum absolute atomic E-state index is 0.0683. The highest BCUT2D eigenvalue weighted by Crippen LogP contribution is 2.48. The van der Waals surface area contributed by atoms with Crippen LogP contribution in [0.4, 0.5) is 0 Å². The van der Waals surface area contributed by atoms with Gasteiger partial charge in [-0.3, -0.25) is 19.2 Å². The molecule has 4 heterocycles. The number of aliphatic hydroxyl groups excluding tert-OH is 2. The number of hydrogen-bond acceptors (Lipinski definition) is 12. The minimum atomic E-state index is -1.65. The maximum Gasteiger partial charge on any atom is 0.329 e. The molecule has 2 N–H and O–H groups in total. The lowest BCUT2D eigenvalue weighted by molar-refractivity contribution is -0.173. The monoisotopic (exact) mass is 868 g/mol. The number of amides is 1. The Bertz CT molecular complexity index is 1720. The number of esters is 1. The third-order valence-corrected chi connectivity index (χ3v) is 13.9. The van der Waals surface area contributed by atoms with E-state index in [1.165, 1.54) is 12.0 Å². The third kappa shape index (κ3) is 12.5. The molecular formula is C49H73NO12. The van der Waals surface area contributed by atoms with Gasteiger partial charge in [-0.25, -0.2) is 4.79 Å². The quantitative estimate of drug-likeness (QED) is 0.136. The summed E-state index contributed by atoms with van der Waals surface area (Å²) < 4.78 is 29.5. The smallest absolute Gasteiger partial charge is 0.329 e. The fourth-order valence-corrected chi connectivity index (χ4v) is 9.91. The van der Waals surface area contributed by atoms with Crippen LogP contribution < -0.4 is 0 Å². The number of fused-ring (bicyclic) bond motifs is 2. The fraction of sp³-hybridized carbons (Fsp3) is 0.735. The van der Waals surface area contributed by atoms with Crippen molar-refractivity contribution in [2.24, 2.45) is 29.6 Å². The number of piperidine rings is 1. The SMILES string of the molecule is CO[C@@H]1C[C@H](C[C@@H](C)[C@@H]2CC(=O)[C@H](C)/C=C(\C)[C@@H](O)[C@@H](OC)C(=O)[C@H](C)C[C@H](C)/C=C/C=C/C=C(\C)CC[C@@H]3CC[C@H]4O[C@]4(O3)C(=O)C(=O)N3CCCC[C@H]3C(=O)O2)CC[C@H]1O. The molecule has 0 aromatic carbocycles. The van der Waals surface area contributed by atoms with Gasteiger partial charge in [-0.2, -0.15) is 0 Å². The number of cyclic esters (lactones) is 1. The van der Waals surface area contributed by atoms with E-state index in [0.29, 0.717) is 69.8 Å². The number of carbonyl (C=O) groups is 5. The van der Waals surface area contributed by atoms with E-state index in [-0.39, 0.29) is 54.5 Å². The summed E-state index contributed by atoms with van der Waals surface area (Å²) in [6, 6.07) is -1.03. The van der Waals surface area contributed by atoms with E-state index in [1.54, 1.807) is 27.0 Å². The van der Waals surface area contributed by atoms with E-state index in [4.69, 9.17) is 23.7 Å².